The number of nitrogens with two attached hydrogens (primary N) is 1. The van der Waals surface area contributed by atoms with Gasteiger partial charge >= 0.3 is 0 Å². The third-order valence-corrected chi connectivity index (χ3v) is 2.94. The normalized spacial score (nSPS) is 11.9. The molecule has 0 saturated carbocycles. The summed E-state index contributed by atoms with van der Waals surface area (Å²) >= 11 is 4.83. The molecule has 0 saturated heterocycles. The van der Waals surface area contributed by atoms with Crippen molar-refractivity contribution >= 4 is 23.1 Å². The molecule has 1 aromatic carbocycles. The number of benzene rings is 1. The summed E-state index contributed by atoms with van der Waals surface area (Å²) in [4.78, 5) is 11.9. The number of thiocarbonyl (C=S) groups is 1. The van der Waals surface area contributed by atoms with Gasteiger partial charge in [0.05, 0.1) is 17.5 Å². The SMILES string of the molecule is CCCC(NC(=O)Cc1c(F)cccc1F)C(N)=S. The van der Waals surface area contributed by atoms with E-state index >= 15 is 0 Å². The Morgan fingerprint density at radius 3 is 2.47 bits per heavy atom. The van der Waals surface area contributed by atoms with Gasteiger partial charge in [-0.15, -0.1) is 0 Å². The first-order chi connectivity index (χ1) is 8.95. The molecule has 6 heteroatoms. The smallest absolute Gasteiger partial charge is 0.225 e. The molecular formula is C13H16F2N2OS. The molecular weight excluding hydrogens is 270 g/mol. The van der Waals surface area contributed by atoms with E-state index in [4.69, 9.17) is 18.0 Å². The van der Waals surface area contributed by atoms with E-state index in [2.05, 4.69) is 5.32 Å². The Bertz CT molecular complexity index is 459. The fourth-order valence-corrected chi connectivity index (χ4v) is 1.86. The van der Waals surface area contributed by atoms with E-state index in [1.165, 1.54) is 6.07 Å². The molecule has 1 amide bonds. The fourth-order valence-electron chi connectivity index (χ4n) is 1.68. The maximum atomic E-state index is 13.4. The second-order valence-corrected chi connectivity index (χ2v) is 4.66. The van der Waals surface area contributed by atoms with E-state index in [1.807, 2.05) is 6.92 Å². The van der Waals surface area contributed by atoms with Crippen molar-refractivity contribution in [3.05, 3.63) is 35.4 Å². The van der Waals surface area contributed by atoms with E-state index < -0.39 is 23.6 Å². The van der Waals surface area contributed by atoms with E-state index in [-0.39, 0.29) is 17.0 Å². The molecule has 0 fully saturated rings. The van der Waals surface area contributed by atoms with Crippen LogP contribution in [0.4, 0.5) is 8.78 Å². The van der Waals surface area contributed by atoms with Crippen LogP contribution in [0.5, 0.6) is 0 Å². The van der Waals surface area contributed by atoms with Crippen molar-refractivity contribution in [1.29, 1.82) is 0 Å². The molecule has 0 bridgehead atoms. The molecule has 0 aliphatic rings. The molecule has 3 N–H and O–H groups in total. The molecule has 19 heavy (non-hydrogen) atoms. The van der Waals surface area contributed by atoms with Crippen LogP contribution in [0.25, 0.3) is 0 Å². The Kier molecular flexibility index (Phi) is 5.82. The first-order valence-corrected chi connectivity index (χ1v) is 6.38. The Hall–Kier alpha value is -1.56. The Morgan fingerprint density at radius 1 is 1.42 bits per heavy atom. The molecule has 0 aliphatic heterocycles. The van der Waals surface area contributed by atoms with Crippen molar-refractivity contribution in [2.24, 2.45) is 5.73 Å². The van der Waals surface area contributed by atoms with Gasteiger partial charge in [-0.1, -0.05) is 31.6 Å². The van der Waals surface area contributed by atoms with Crippen LogP contribution in [-0.4, -0.2) is 16.9 Å². The number of nitrogens with one attached hydrogen (secondary N) is 1. The van der Waals surface area contributed by atoms with Crippen LogP contribution in [0.15, 0.2) is 18.2 Å². The van der Waals surface area contributed by atoms with Gasteiger partial charge in [-0.3, -0.25) is 4.79 Å². The topological polar surface area (TPSA) is 55.1 Å². The average Bonchev–Trinajstić information content (AvgIpc) is 2.33. The molecule has 1 aromatic rings. The molecule has 3 nitrogen and oxygen atoms in total. The van der Waals surface area contributed by atoms with E-state index in [1.54, 1.807) is 0 Å². The average molecular weight is 286 g/mol. The maximum absolute atomic E-state index is 13.4. The number of rotatable bonds is 6. The summed E-state index contributed by atoms with van der Waals surface area (Å²) in [6.45, 7) is 1.92. The van der Waals surface area contributed by atoms with Gasteiger partial charge in [-0.2, -0.15) is 0 Å². The first kappa shape index (κ1) is 15.5. The predicted octanol–water partition coefficient (Wildman–Crippen LogP) is 2.08. The minimum atomic E-state index is -0.738. The minimum absolute atomic E-state index is 0.171. The zero-order chi connectivity index (χ0) is 14.4. The maximum Gasteiger partial charge on any atom is 0.225 e. The molecule has 1 unspecified atom stereocenters. The molecule has 0 spiro atoms. The van der Waals surface area contributed by atoms with Gasteiger partial charge in [-0.05, 0) is 18.6 Å². The lowest BCUT2D eigenvalue weighted by Crippen LogP contribution is -2.44. The minimum Gasteiger partial charge on any atom is -0.392 e. The third-order valence-electron chi connectivity index (χ3n) is 2.66. The summed E-state index contributed by atoms with van der Waals surface area (Å²) in [6, 6.07) is 3.04. The van der Waals surface area contributed by atoms with Crippen molar-refractivity contribution in [1.82, 2.24) is 5.32 Å². The van der Waals surface area contributed by atoms with E-state index in [0.717, 1.165) is 18.6 Å². The second kappa shape index (κ2) is 7.13. The highest BCUT2D eigenvalue weighted by molar-refractivity contribution is 7.80. The lowest BCUT2D eigenvalue weighted by atomic mass is 10.1. The number of hydrogen-bond acceptors (Lipinski definition) is 2. The Morgan fingerprint density at radius 2 is 2.00 bits per heavy atom. The second-order valence-electron chi connectivity index (χ2n) is 4.19. The summed E-state index contributed by atoms with van der Waals surface area (Å²) in [5, 5.41) is 2.58. The first-order valence-electron chi connectivity index (χ1n) is 5.97. The highest BCUT2D eigenvalue weighted by atomic mass is 32.1. The van der Waals surface area contributed by atoms with Gasteiger partial charge in [0.25, 0.3) is 0 Å². The van der Waals surface area contributed by atoms with Crippen LogP contribution in [0.2, 0.25) is 0 Å². The van der Waals surface area contributed by atoms with Crippen LogP contribution in [-0.2, 0) is 11.2 Å². The van der Waals surface area contributed by atoms with Crippen LogP contribution >= 0.6 is 12.2 Å². The summed E-state index contributed by atoms with van der Waals surface area (Å²) < 4.78 is 26.8. The summed E-state index contributed by atoms with van der Waals surface area (Å²) in [7, 11) is 0. The number of halogens is 2. The molecule has 0 radical (unpaired) electrons. The monoisotopic (exact) mass is 286 g/mol. The molecule has 1 atom stereocenters. The van der Waals surface area contributed by atoms with Crippen molar-refractivity contribution in [3.8, 4) is 0 Å². The highest BCUT2D eigenvalue weighted by Gasteiger charge is 2.17. The zero-order valence-electron chi connectivity index (χ0n) is 10.6. The van der Waals surface area contributed by atoms with Crippen LogP contribution in [0.3, 0.4) is 0 Å². The van der Waals surface area contributed by atoms with Crippen molar-refractivity contribution in [2.75, 3.05) is 0 Å². The van der Waals surface area contributed by atoms with Crippen LogP contribution in [0.1, 0.15) is 25.3 Å². The number of carbonyl (C=O) groups excluding carboxylic acids is 1. The van der Waals surface area contributed by atoms with Gasteiger partial charge in [0.15, 0.2) is 0 Å². The van der Waals surface area contributed by atoms with Gasteiger partial charge in [0, 0.05) is 5.56 Å². The zero-order valence-corrected chi connectivity index (χ0v) is 11.4. The number of amides is 1. The van der Waals surface area contributed by atoms with Crippen molar-refractivity contribution in [2.45, 2.75) is 32.2 Å². The molecule has 1 rings (SSSR count). The molecule has 0 aliphatic carbocycles. The molecule has 104 valence electrons. The molecule has 0 heterocycles. The third kappa shape index (κ3) is 4.55. The summed E-state index contributed by atoms with van der Waals surface area (Å²) in [6.07, 6.45) is 1.01. The van der Waals surface area contributed by atoms with E-state index in [9.17, 15) is 13.6 Å². The highest BCUT2D eigenvalue weighted by Crippen LogP contribution is 2.12. The lowest BCUT2D eigenvalue weighted by molar-refractivity contribution is -0.120. The van der Waals surface area contributed by atoms with Gasteiger partial charge < -0.3 is 11.1 Å². The standard InChI is InChI=1S/C13H16F2N2OS/c1-2-4-11(13(16)19)17-12(18)7-8-9(14)5-3-6-10(8)15/h3,5-6,11H,2,4,7H2,1H3,(H2,16,19)(H,17,18). The van der Waals surface area contributed by atoms with Gasteiger partial charge in [-0.25, -0.2) is 8.78 Å². The van der Waals surface area contributed by atoms with Crippen LogP contribution < -0.4 is 11.1 Å². The van der Waals surface area contributed by atoms with Crippen molar-refractivity contribution < 1.29 is 13.6 Å². The quantitative estimate of drug-likeness (QED) is 0.787. The summed E-state index contributed by atoms with van der Waals surface area (Å²) in [5.41, 5.74) is 5.24. The number of hydrogen-bond donors (Lipinski definition) is 2. The van der Waals surface area contributed by atoms with E-state index in [0.29, 0.717) is 6.42 Å². The van der Waals surface area contributed by atoms with Gasteiger partial charge in [0.2, 0.25) is 5.91 Å². The summed E-state index contributed by atoms with van der Waals surface area (Å²) in [5.74, 6) is -1.98. The lowest BCUT2D eigenvalue weighted by Gasteiger charge is -2.16. The Labute approximate surface area is 116 Å². The molecule has 0 aromatic heterocycles. The van der Waals surface area contributed by atoms with Crippen molar-refractivity contribution in [3.63, 3.8) is 0 Å². The number of carbonyl (C=O) groups is 1. The Balaban J connectivity index is 2.72. The largest absolute Gasteiger partial charge is 0.392 e. The fraction of sp³-hybridized carbons (Fsp3) is 0.385. The predicted molar refractivity (Wildman–Crippen MR) is 73.7 cm³/mol. The van der Waals surface area contributed by atoms with Gasteiger partial charge in [0.1, 0.15) is 11.6 Å². The van der Waals surface area contributed by atoms with Crippen LogP contribution in [0, 0.1) is 11.6 Å².